The van der Waals surface area contributed by atoms with E-state index < -0.39 is 0 Å². The summed E-state index contributed by atoms with van der Waals surface area (Å²) in [7, 11) is 0. The van der Waals surface area contributed by atoms with Crippen molar-refractivity contribution in [2.45, 2.75) is 40.0 Å². The number of aliphatic hydroxyl groups is 1. The summed E-state index contributed by atoms with van der Waals surface area (Å²) >= 11 is 0. The smallest absolute Gasteiger partial charge is 0.0505 e. The lowest BCUT2D eigenvalue weighted by Crippen LogP contribution is -2.15. The van der Waals surface area contributed by atoms with Crippen LogP contribution in [0.15, 0.2) is 17.9 Å². The van der Waals surface area contributed by atoms with Crippen molar-refractivity contribution in [3.63, 3.8) is 0 Å². The second-order valence-corrected chi connectivity index (χ2v) is 3.84. The van der Waals surface area contributed by atoms with E-state index in [2.05, 4.69) is 33.1 Å². The molecule has 1 unspecified atom stereocenters. The summed E-state index contributed by atoms with van der Waals surface area (Å²) in [5.74, 6) is 0.732. The van der Waals surface area contributed by atoms with Crippen LogP contribution in [0.3, 0.4) is 0 Å². The first-order chi connectivity index (χ1) is 6.17. The van der Waals surface area contributed by atoms with Crippen molar-refractivity contribution in [1.82, 2.24) is 0 Å². The molecule has 0 saturated heterocycles. The van der Waals surface area contributed by atoms with Gasteiger partial charge in [-0.15, -0.1) is 5.73 Å². The van der Waals surface area contributed by atoms with Gasteiger partial charge in [-0.2, -0.15) is 0 Å². The standard InChI is InChI=1S/C12H22O/c1-5-7-8-11(6-2)12(9-13)10(3)4/h10,12-13H,2,5,7-9H2,1,3-4H3. The third-order valence-corrected chi connectivity index (χ3v) is 2.48. The van der Waals surface area contributed by atoms with Gasteiger partial charge in [-0.1, -0.05) is 33.8 Å². The van der Waals surface area contributed by atoms with Crippen LogP contribution in [0.5, 0.6) is 0 Å². The molecule has 0 heterocycles. The molecular formula is C12H22O. The van der Waals surface area contributed by atoms with Gasteiger partial charge in [0.1, 0.15) is 0 Å². The normalized spacial score (nSPS) is 12.7. The molecule has 0 aromatic carbocycles. The Balaban J connectivity index is 4.28. The van der Waals surface area contributed by atoms with Gasteiger partial charge in [0, 0.05) is 5.92 Å². The Hall–Kier alpha value is -0.520. The van der Waals surface area contributed by atoms with Crippen molar-refractivity contribution in [2.75, 3.05) is 6.61 Å². The molecule has 13 heavy (non-hydrogen) atoms. The summed E-state index contributed by atoms with van der Waals surface area (Å²) in [6, 6.07) is 0. The Morgan fingerprint density at radius 1 is 1.46 bits per heavy atom. The van der Waals surface area contributed by atoms with E-state index in [4.69, 9.17) is 0 Å². The molecule has 0 amide bonds. The minimum atomic E-state index is 0.221. The summed E-state index contributed by atoms with van der Waals surface area (Å²) in [6.07, 6.45) is 3.38. The number of rotatable bonds is 6. The van der Waals surface area contributed by atoms with Crippen LogP contribution < -0.4 is 0 Å². The van der Waals surface area contributed by atoms with Gasteiger partial charge in [-0.05, 0) is 24.3 Å². The van der Waals surface area contributed by atoms with Gasteiger partial charge in [0.25, 0.3) is 0 Å². The van der Waals surface area contributed by atoms with E-state index >= 15 is 0 Å². The van der Waals surface area contributed by atoms with Crippen LogP contribution in [-0.2, 0) is 0 Å². The molecule has 0 aliphatic rings. The van der Waals surface area contributed by atoms with E-state index in [-0.39, 0.29) is 12.5 Å². The van der Waals surface area contributed by atoms with E-state index in [1.165, 1.54) is 18.4 Å². The molecule has 1 N–H and O–H groups in total. The van der Waals surface area contributed by atoms with E-state index in [1.54, 1.807) is 0 Å². The van der Waals surface area contributed by atoms with Crippen molar-refractivity contribution in [1.29, 1.82) is 0 Å². The first kappa shape index (κ1) is 12.5. The van der Waals surface area contributed by atoms with Crippen molar-refractivity contribution in [3.8, 4) is 0 Å². The maximum absolute atomic E-state index is 9.21. The highest BCUT2D eigenvalue weighted by Crippen LogP contribution is 2.23. The molecule has 76 valence electrons. The van der Waals surface area contributed by atoms with Crippen LogP contribution in [0.25, 0.3) is 0 Å². The van der Waals surface area contributed by atoms with Gasteiger partial charge in [0.2, 0.25) is 0 Å². The SMILES string of the molecule is C=C=C(CCCC)C(CO)C(C)C. The molecule has 0 aliphatic carbocycles. The lowest BCUT2D eigenvalue weighted by atomic mass is 9.87. The topological polar surface area (TPSA) is 20.2 Å². The van der Waals surface area contributed by atoms with Gasteiger partial charge >= 0.3 is 0 Å². The van der Waals surface area contributed by atoms with E-state index in [9.17, 15) is 5.11 Å². The minimum absolute atomic E-state index is 0.221. The Bertz CT molecular complexity index is 176. The molecule has 0 bridgehead atoms. The zero-order valence-electron chi connectivity index (χ0n) is 9.14. The van der Waals surface area contributed by atoms with Gasteiger partial charge in [-0.3, -0.25) is 0 Å². The van der Waals surface area contributed by atoms with Crippen molar-refractivity contribution >= 4 is 0 Å². The average molecular weight is 182 g/mol. The Kier molecular flexibility index (Phi) is 6.66. The van der Waals surface area contributed by atoms with Crippen LogP contribution in [0.2, 0.25) is 0 Å². The highest BCUT2D eigenvalue weighted by Gasteiger charge is 2.16. The molecule has 0 saturated carbocycles. The quantitative estimate of drug-likeness (QED) is 0.626. The van der Waals surface area contributed by atoms with Gasteiger partial charge in [-0.25, -0.2) is 0 Å². The summed E-state index contributed by atoms with van der Waals surface area (Å²) in [5.41, 5.74) is 4.17. The highest BCUT2D eigenvalue weighted by atomic mass is 16.3. The Morgan fingerprint density at radius 2 is 2.08 bits per heavy atom. The van der Waals surface area contributed by atoms with Crippen molar-refractivity contribution < 1.29 is 5.11 Å². The monoisotopic (exact) mass is 182 g/mol. The van der Waals surface area contributed by atoms with E-state index in [0.717, 1.165) is 6.42 Å². The van der Waals surface area contributed by atoms with E-state index in [0.29, 0.717) is 5.92 Å². The molecule has 0 spiro atoms. The van der Waals surface area contributed by atoms with Crippen molar-refractivity contribution in [3.05, 3.63) is 17.9 Å². The predicted molar refractivity (Wildman–Crippen MR) is 57.6 cm³/mol. The summed E-state index contributed by atoms with van der Waals surface area (Å²) < 4.78 is 0. The van der Waals surface area contributed by atoms with Crippen LogP contribution in [0, 0.1) is 11.8 Å². The van der Waals surface area contributed by atoms with Gasteiger partial charge in [0.05, 0.1) is 6.61 Å². The number of unbranched alkanes of at least 4 members (excludes halogenated alkanes) is 1. The van der Waals surface area contributed by atoms with Crippen LogP contribution in [0.4, 0.5) is 0 Å². The summed E-state index contributed by atoms with van der Waals surface area (Å²) in [5, 5.41) is 9.21. The number of aliphatic hydroxyl groups excluding tert-OH is 1. The maximum atomic E-state index is 9.21. The first-order valence-corrected chi connectivity index (χ1v) is 5.17. The highest BCUT2D eigenvalue weighted by molar-refractivity contribution is 5.05. The third-order valence-electron chi connectivity index (χ3n) is 2.48. The largest absolute Gasteiger partial charge is 0.396 e. The Morgan fingerprint density at radius 3 is 2.38 bits per heavy atom. The minimum Gasteiger partial charge on any atom is -0.396 e. The lowest BCUT2D eigenvalue weighted by molar-refractivity contribution is 0.211. The zero-order valence-corrected chi connectivity index (χ0v) is 9.14. The molecule has 1 heteroatoms. The molecule has 1 atom stereocenters. The molecule has 0 radical (unpaired) electrons. The van der Waals surface area contributed by atoms with Crippen molar-refractivity contribution in [2.24, 2.45) is 11.8 Å². The second kappa shape index (κ2) is 6.94. The fourth-order valence-electron chi connectivity index (χ4n) is 1.50. The summed E-state index contributed by atoms with van der Waals surface area (Å²) in [6.45, 7) is 10.3. The zero-order chi connectivity index (χ0) is 10.3. The van der Waals surface area contributed by atoms with Gasteiger partial charge < -0.3 is 5.11 Å². The fourth-order valence-corrected chi connectivity index (χ4v) is 1.50. The molecule has 0 aromatic heterocycles. The molecular weight excluding hydrogens is 160 g/mol. The number of hydrogen-bond donors (Lipinski definition) is 1. The molecule has 1 nitrogen and oxygen atoms in total. The molecule has 0 aromatic rings. The Labute approximate surface area is 82.2 Å². The van der Waals surface area contributed by atoms with E-state index in [1.807, 2.05) is 0 Å². The first-order valence-electron chi connectivity index (χ1n) is 5.17. The lowest BCUT2D eigenvalue weighted by Gasteiger charge is -2.20. The van der Waals surface area contributed by atoms with Crippen LogP contribution in [-0.4, -0.2) is 11.7 Å². The van der Waals surface area contributed by atoms with Crippen LogP contribution in [0.1, 0.15) is 40.0 Å². The molecule has 0 fully saturated rings. The number of hydrogen-bond acceptors (Lipinski definition) is 1. The average Bonchev–Trinajstić information content (AvgIpc) is 2.11. The fraction of sp³-hybridized carbons (Fsp3) is 0.750. The summed E-state index contributed by atoms with van der Waals surface area (Å²) in [4.78, 5) is 0. The predicted octanol–water partition coefficient (Wildman–Crippen LogP) is 3.15. The second-order valence-electron chi connectivity index (χ2n) is 3.84. The van der Waals surface area contributed by atoms with Crippen LogP contribution >= 0.6 is 0 Å². The maximum Gasteiger partial charge on any atom is 0.0505 e. The molecule has 0 aliphatic heterocycles. The van der Waals surface area contributed by atoms with Gasteiger partial charge in [0.15, 0.2) is 0 Å². The third kappa shape index (κ3) is 4.31. The molecule has 0 rings (SSSR count).